The third-order valence-electron chi connectivity index (χ3n) is 5.11. The Balaban J connectivity index is 1.52. The van der Waals surface area contributed by atoms with E-state index in [4.69, 9.17) is 4.74 Å². The van der Waals surface area contributed by atoms with Crippen LogP contribution in [0.2, 0.25) is 0 Å². The number of hydrogen-bond donors (Lipinski definition) is 2. The van der Waals surface area contributed by atoms with Crippen molar-refractivity contribution >= 4 is 21.6 Å². The van der Waals surface area contributed by atoms with E-state index in [9.17, 15) is 13.2 Å². The number of anilines is 1. The molecule has 0 heterocycles. The van der Waals surface area contributed by atoms with Gasteiger partial charge in [0.1, 0.15) is 5.75 Å². The van der Waals surface area contributed by atoms with E-state index in [0.717, 1.165) is 24.2 Å². The fourth-order valence-electron chi connectivity index (χ4n) is 3.20. The van der Waals surface area contributed by atoms with Gasteiger partial charge in [-0.1, -0.05) is 56.5 Å². The molecule has 0 saturated heterocycles. The van der Waals surface area contributed by atoms with Crippen molar-refractivity contribution in [3.63, 3.8) is 0 Å². The quantitative estimate of drug-likeness (QED) is 0.351. The van der Waals surface area contributed by atoms with Crippen molar-refractivity contribution in [2.24, 2.45) is 0 Å². The maximum absolute atomic E-state index is 12.5. The smallest absolute Gasteiger partial charge is 0.255 e. The summed E-state index contributed by atoms with van der Waals surface area (Å²) in [5.41, 5.74) is 1.88. The molecule has 0 unspecified atom stereocenters. The van der Waals surface area contributed by atoms with Crippen LogP contribution >= 0.6 is 0 Å². The third-order valence-corrected chi connectivity index (χ3v) is 6.53. The summed E-state index contributed by atoms with van der Waals surface area (Å²) in [7, 11) is -3.65. The van der Waals surface area contributed by atoms with Gasteiger partial charge in [-0.05, 0) is 60.5 Å². The minimum absolute atomic E-state index is 0.136. The van der Waals surface area contributed by atoms with Gasteiger partial charge in [0.15, 0.2) is 0 Å². The van der Waals surface area contributed by atoms with Crippen molar-refractivity contribution in [2.45, 2.75) is 44.0 Å². The maximum Gasteiger partial charge on any atom is 0.255 e. The molecule has 0 spiro atoms. The van der Waals surface area contributed by atoms with Crippen LogP contribution in [0.15, 0.2) is 83.8 Å². The van der Waals surface area contributed by atoms with Crippen LogP contribution in [0.4, 0.5) is 5.69 Å². The lowest BCUT2D eigenvalue weighted by molar-refractivity contribution is 0.102. The van der Waals surface area contributed by atoms with Crippen LogP contribution in [0.25, 0.3) is 0 Å². The van der Waals surface area contributed by atoms with Gasteiger partial charge in [0.2, 0.25) is 10.0 Å². The van der Waals surface area contributed by atoms with E-state index < -0.39 is 10.0 Å². The number of benzene rings is 3. The second-order valence-corrected chi connectivity index (χ2v) is 9.49. The molecule has 0 aromatic heterocycles. The number of nitrogens with one attached hydrogen (secondary N) is 2. The standard InChI is InChI=1S/C26H30N2O4S/c1-2-3-4-8-19-32-24-15-11-22(12-16-24)26(29)28-23-13-17-25(18-14-23)33(30,31)27-20-21-9-6-5-7-10-21/h5-7,9-18,27H,2-4,8,19-20H2,1H3,(H,28,29). The molecule has 3 rings (SSSR count). The SMILES string of the molecule is CCCCCCOc1ccc(C(=O)Nc2ccc(S(=O)(=O)NCc3ccccc3)cc2)cc1. The van der Waals surface area contributed by atoms with E-state index in [0.29, 0.717) is 17.9 Å². The van der Waals surface area contributed by atoms with Gasteiger partial charge in [0.25, 0.3) is 5.91 Å². The summed E-state index contributed by atoms with van der Waals surface area (Å²) in [5, 5.41) is 2.79. The van der Waals surface area contributed by atoms with E-state index in [-0.39, 0.29) is 17.3 Å². The summed E-state index contributed by atoms with van der Waals surface area (Å²) in [6, 6.07) is 22.4. The highest BCUT2D eigenvalue weighted by molar-refractivity contribution is 7.89. The van der Waals surface area contributed by atoms with Crippen LogP contribution in [-0.2, 0) is 16.6 Å². The molecule has 174 valence electrons. The Hall–Kier alpha value is -3.16. The molecular formula is C26H30N2O4S. The topological polar surface area (TPSA) is 84.5 Å². The fraction of sp³-hybridized carbons (Fsp3) is 0.269. The van der Waals surface area contributed by atoms with Crippen molar-refractivity contribution in [1.82, 2.24) is 4.72 Å². The molecule has 7 heteroatoms. The van der Waals surface area contributed by atoms with E-state index in [1.807, 2.05) is 30.3 Å². The van der Waals surface area contributed by atoms with Crippen molar-refractivity contribution < 1.29 is 17.9 Å². The van der Waals surface area contributed by atoms with Crippen LogP contribution in [0.5, 0.6) is 5.75 Å². The Morgan fingerprint density at radius 1 is 0.848 bits per heavy atom. The Morgan fingerprint density at radius 2 is 1.55 bits per heavy atom. The molecule has 0 fully saturated rings. The fourth-order valence-corrected chi connectivity index (χ4v) is 4.22. The lowest BCUT2D eigenvalue weighted by Gasteiger charge is -2.10. The normalized spacial score (nSPS) is 11.2. The zero-order chi connectivity index (χ0) is 23.5. The highest BCUT2D eigenvalue weighted by Crippen LogP contribution is 2.17. The van der Waals surface area contributed by atoms with E-state index in [1.54, 1.807) is 36.4 Å². The summed E-state index contributed by atoms with van der Waals surface area (Å²) in [6.07, 6.45) is 4.57. The number of sulfonamides is 1. The van der Waals surface area contributed by atoms with Gasteiger partial charge in [0.05, 0.1) is 11.5 Å². The van der Waals surface area contributed by atoms with Gasteiger partial charge < -0.3 is 10.1 Å². The van der Waals surface area contributed by atoms with Crippen LogP contribution < -0.4 is 14.8 Å². The van der Waals surface area contributed by atoms with Crippen LogP contribution in [0.1, 0.15) is 48.5 Å². The number of unbranched alkanes of at least 4 members (excludes halogenated alkanes) is 3. The first-order valence-electron chi connectivity index (χ1n) is 11.2. The van der Waals surface area contributed by atoms with Crippen LogP contribution in [0, 0.1) is 0 Å². The average Bonchev–Trinajstić information content (AvgIpc) is 2.84. The summed E-state index contributed by atoms with van der Waals surface area (Å²) in [4.78, 5) is 12.7. The van der Waals surface area contributed by atoms with Gasteiger partial charge in [-0.3, -0.25) is 4.79 Å². The molecule has 6 nitrogen and oxygen atoms in total. The van der Waals surface area contributed by atoms with Crippen LogP contribution in [-0.4, -0.2) is 20.9 Å². The van der Waals surface area contributed by atoms with Crippen molar-refractivity contribution in [3.8, 4) is 5.75 Å². The monoisotopic (exact) mass is 466 g/mol. The molecule has 1 amide bonds. The number of ether oxygens (including phenoxy) is 1. The van der Waals surface area contributed by atoms with Crippen molar-refractivity contribution in [3.05, 3.63) is 90.0 Å². The zero-order valence-electron chi connectivity index (χ0n) is 18.8. The molecule has 0 saturated carbocycles. The molecule has 0 bridgehead atoms. The number of hydrogen-bond acceptors (Lipinski definition) is 4. The maximum atomic E-state index is 12.5. The summed E-state index contributed by atoms with van der Waals surface area (Å²) >= 11 is 0. The molecule has 0 radical (unpaired) electrons. The molecule has 0 aliphatic carbocycles. The van der Waals surface area contributed by atoms with Gasteiger partial charge in [-0.2, -0.15) is 0 Å². The molecule has 0 atom stereocenters. The number of carbonyl (C=O) groups excluding carboxylic acids is 1. The van der Waals surface area contributed by atoms with Gasteiger partial charge in [0, 0.05) is 17.8 Å². The van der Waals surface area contributed by atoms with E-state index in [2.05, 4.69) is 17.0 Å². The van der Waals surface area contributed by atoms with Crippen molar-refractivity contribution in [2.75, 3.05) is 11.9 Å². The highest BCUT2D eigenvalue weighted by atomic mass is 32.2. The lowest BCUT2D eigenvalue weighted by atomic mass is 10.2. The predicted molar refractivity (Wildman–Crippen MR) is 131 cm³/mol. The third kappa shape index (κ3) is 7.73. The van der Waals surface area contributed by atoms with Gasteiger partial charge >= 0.3 is 0 Å². The molecule has 3 aromatic rings. The number of carbonyl (C=O) groups is 1. The first-order chi connectivity index (χ1) is 16.0. The Bertz CT molecular complexity index is 1110. The highest BCUT2D eigenvalue weighted by Gasteiger charge is 2.14. The first kappa shape index (κ1) is 24.5. The van der Waals surface area contributed by atoms with Crippen LogP contribution in [0.3, 0.4) is 0 Å². The molecule has 0 aliphatic rings. The Kier molecular flexibility index (Phi) is 9.04. The Labute approximate surface area is 196 Å². The zero-order valence-corrected chi connectivity index (χ0v) is 19.6. The molecule has 0 aliphatic heterocycles. The molecule has 33 heavy (non-hydrogen) atoms. The lowest BCUT2D eigenvalue weighted by Crippen LogP contribution is -2.23. The predicted octanol–water partition coefficient (Wildman–Crippen LogP) is 5.38. The molecular weight excluding hydrogens is 436 g/mol. The van der Waals surface area contributed by atoms with E-state index in [1.165, 1.54) is 25.0 Å². The second-order valence-electron chi connectivity index (χ2n) is 7.72. The van der Waals surface area contributed by atoms with Gasteiger partial charge in [-0.15, -0.1) is 0 Å². The van der Waals surface area contributed by atoms with E-state index >= 15 is 0 Å². The summed E-state index contributed by atoms with van der Waals surface area (Å²) in [6.45, 7) is 3.05. The second kappa shape index (κ2) is 12.2. The average molecular weight is 467 g/mol. The largest absolute Gasteiger partial charge is 0.494 e. The number of rotatable bonds is 12. The van der Waals surface area contributed by atoms with Crippen molar-refractivity contribution in [1.29, 1.82) is 0 Å². The Morgan fingerprint density at radius 3 is 2.21 bits per heavy atom. The summed E-state index contributed by atoms with van der Waals surface area (Å²) in [5.74, 6) is 0.461. The minimum atomic E-state index is -3.65. The minimum Gasteiger partial charge on any atom is -0.494 e. The summed E-state index contributed by atoms with van der Waals surface area (Å²) < 4.78 is 33.3. The number of amides is 1. The van der Waals surface area contributed by atoms with Gasteiger partial charge in [-0.25, -0.2) is 13.1 Å². The first-order valence-corrected chi connectivity index (χ1v) is 12.6. The molecule has 3 aromatic carbocycles. The molecule has 2 N–H and O–H groups in total.